The van der Waals surface area contributed by atoms with Crippen LogP contribution in [0.3, 0.4) is 0 Å². The van der Waals surface area contributed by atoms with Gasteiger partial charge >= 0.3 is 6.16 Å². The molecule has 12 heteroatoms. The van der Waals surface area contributed by atoms with Gasteiger partial charge < -0.3 is 34.4 Å². The highest BCUT2D eigenvalue weighted by Crippen LogP contribution is 2.37. The van der Waals surface area contributed by atoms with E-state index < -0.39 is 43.5 Å². The topological polar surface area (TPSA) is 131 Å². The summed E-state index contributed by atoms with van der Waals surface area (Å²) in [6.07, 6.45) is -3.31. The molecule has 10 nitrogen and oxygen atoms in total. The Kier molecular flexibility index (Phi) is 5.53. The van der Waals surface area contributed by atoms with Crippen molar-refractivity contribution in [3.05, 3.63) is 16.1 Å². The number of nitrogen functional groups attached to an aromatic ring is 1. The summed E-state index contributed by atoms with van der Waals surface area (Å²) >= 11 is 2.04. The lowest BCUT2D eigenvalue weighted by Gasteiger charge is -2.19. The zero-order valence-electron chi connectivity index (χ0n) is 14.5. The van der Waals surface area contributed by atoms with Crippen LogP contribution in [0.15, 0.2) is 12.5 Å². The fraction of sp³-hybridized carbons (Fsp3) is 0.562. The standard InChI is InChI=1S/C16H18FIN4O6/c17-11-12(28-16(24)26-7-1-2-25-5-7)9(4-23)27-15(11)22-3-8(18)10-13(19)20-6-21-14(10)22/h3,6-7,9,11-12,15,23H,1-2,4-5H2,(H2,19,20,21)/t7-,9+,11?,12-,15+/m0/s1. The lowest BCUT2D eigenvalue weighted by molar-refractivity contribution is -0.0606. The van der Waals surface area contributed by atoms with Gasteiger partial charge in [0, 0.05) is 16.2 Å². The Morgan fingerprint density at radius 1 is 1.46 bits per heavy atom. The first kappa shape index (κ1) is 19.5. The summed E-state index contributed by atoms with van der Waals surface area (Å²) in [5, 5.41) is 10.2. The first-order valence-electron chi connectivity index (χ1n) is 8.61. The number of anilines is 1. The molecule has 5 atom stereocenters. The minimum Gasteiger partial charge on any atom is -0.428 e. The smallest absolute Gasteiger partial charge is 0.428 e. The van der Waals surface area contributed by atoms with Gasteiger partial charge in [-0.1, -0.05) is 0 Å². The van der Waals surface area contributed by atoms with Gasteiger partial charge in [-0.05, 0) is 22.6 Å². The van der Waals surface area contributed by atoms with Crippen LogP contribution in [0.25, 0.3) is 11.0 Å². The predicted molar refractivity (Wildman–Crippen MR) is 101 cm³/mol. The number of aromatic nitrogens is 3. The second kappa shape index (κ2) is 7.93. The average molecular weight is 508 g/mol. The Morgan fingerprint density at radius 3 is 3.00 bits per heavy atom. The highest BCUT2D eigenvalue weighted by Gasteiger charge is 2.49. The molecule has 1 unspecified atom stereocenters. The Bertz CT molecular complexity index is 876. The molecule has 3 N–H and O–H groups in total. The summed E-state index contributed by atoms with van der Waals surface area (Å²) in [6.45, 7) is 0.229. The summed E-state index contributed by atoms with van der Waals surface area (Å²) < 4.78 is 38.4. The number of nitrogens with zero attached hydrogens (tertiary/aromatic N) is 3. The van der Waals surface area contributed by atoms with E-state index in [4.69, 9.17) is 24.7 Å². The van der Waals surface area contributed by atoms with Crippen molar-refractivity contribution in [3.63, 3.8) is 0 Å². The first-order chi connectivity index (χ1) is 13.5. The van der Waals surface area contributed by atoms with Gasteiger partial charge in [-0.25, -0.2) is 19.2 Å². The molecule has 2 fully saturated rings. The highest BCUT2D eigenvalue weighted by molar-refractivity contribution is 14.1. The minimum atomic E-state index is -1.76. The molecule has 0 amide bonds. The quantitative estimate of drug-likeness (QED) is 0.462. The van der Waals surface area contributed by atoms with Gasteiger partial charge in [-0.15, -0.1) is 0 Å². The van der Waals surface area contributed by atoms with Crippen LogP contribution in [0.1, 0.15) is 12.6 Å². The maximum absolute atomic E-state index is 15.2. The van der Waals surface area contributed by atoms with E-state index in [1.54, 1.807) is 6.20 Å². The van der Waals surface area contributed by atoms with Crippen LogP contribution in [0, 0.1) is 3.57 Å². The second-order valence-corrected chi connectivity index (χ2v) is 7.63. The molecule has 2 aromatic rings. The summed E-state index contributed by atoms with van der Waals surface area (Å²) in [6, 6.07) is 0. The molecule has 0 bridgehead atoms. The van der Waals surface area contributed by atoms with Gasteiger partial charge in [0.15, 0.2) is 18.5 Å². The lowest BCUT2D eigenvalue weighted by Crippen LogP contribution is -2.37. The Labute approximate surface area is 172 Å². The van der Waals surface area contributed by atoms with Crippen molar-refractivity contribution < 1.29 is 33.2 Å². The number of rotatable bonds is 4. The molecule has 0 spiro atoms. The largest absolute Gasteiger partial charge is 0.509 e. The molecular formula is C16H18FIN4O6. The third-order valence-corrected chi connectivity index (χ3v) is 5.51. The molecule has 0 aromatic carbocycles. The third kappa shape index (κ3) is 3.49. The van der Waals surface area contributed by atoms with E-state index in [2.05, 4.69) is 9.97 Å². The van der Waals surface area contributed by atoms with Crippen molar-refractivity contribution in [2.75, 3.05) is 25.6 Å². The number of fused-ring (bicyclic) bond motifs is 1. The molecule has 4 heterocycles. The van der Waals surface area contributed by atoms with E-state index >= 15 is 4.39 Å². The maximum Gasteiger partial charge on any atom is 0.509 e. The molecule has 28 heavy (non-hydrogen) atoms. The summed E-state index contributed by atoms with van der Waals surface area (Å²) in [4.78, 5) is 20.1. The summed E-state index contributed by atoms with van der Waals surface area (Å²) in [7, 11) is 0. The number of carbonyl (C=O) groups is 1. The Hall–Kier alpha value is -1.77. The van der Waals surface area contributed by atoms with Gasteiger partial charge in [0.2, 0.25) is 0 Å². The molecule has 2 aliphatic heterocycles. The van der Waals surface area contributed by atoms with Crippen molar-refractivity contribution >= 4 is 45.6 Å². The number of ether oxygens (including phenoxy) is 4. The predicted octanol–water partition coefficient (Wildman–Crippen LogP) is 1.16. The van der Waals surface area contributed by atoms with Crippen molar-refractivity contribution in [2.24, 2.45) is 0 Å². The van der Waals surface area contributed by atoms with E-state index in [0.29, 0.717) is 27.6 Å². The van der Waals surface area contributed by atoms with Gasteiger partial charge in [-0.3, -0.25) is 0 Å². The third-order valence-electron chi connectivity index (χ3n) is 4.70. The normalized spacial score (nSPS) is 30.0. The molecule has 152 valence electrons. The van der Waals surface area contributed by atoms with Gasteiger partial charge in [0.1, 0.15) is 30.0 Å². The number of nitrogens with two attached hydrogens (primary N) is 1. The molecule has 0 saturated carbocycles. The SMILES string of the molecule is Nc1ncnc2c1c(I)cn2[C@@H]1O[C@H](CO)[C@H](OC(=O)O[C@H]2CCOC2)C1F. The van der Waals surface area contributed by atoms with Crippen LogP contribution in [0.5, 0.6) is 0 Å². The number of aliphatic hydroxyl groups excluding tert-OH is 1. The van der Waals surface area contributed by atoms with E-state index in [1.165, 1.54) is 10.9 Å². The zero-order valence-corrected chi connectivity index (χ0v) is 16.7. The van der Waals surface area contributed by atoms with Crippen LogP contribution in [0.4, 0.5) is 15.0 Å². The van der Waals surface area contributed by atoms with Crippen LogP contribution >= 0.6 is 22.6 Å². The molecule has 4 rings (SSSR count). The van der Waals surface area contributed by atoms with Gasteiger partial charge in [-0.2, -0.15) is 0 Å². The average Bonchev–Trinajstić information content (AvgIpc) is 3.36. The van der Waals surface area contributed by atoms with Crippen LogP contribution < -0.4 is 5.73 Å². The van der Waals surface area contributed by atoms with E-state index in [0.717, 1.165) is 0 Å². The minimum absolute atomic E-state index is 0.260. The number of hydrogen-bond donors (Lipinski definition) is 2. The summed E-state index contributed by atoms with van der Waals surface area (Å²) in [5.74, 6) is 0.260. The molecular weight excluding hydrogens is 490 g/mol. The molecule has 2 aromatic heterocycles. The van der Waals surface area contributed by atoms with E-state index in [-0.39, 0.29) is 12.4 Å². The van der Waals surface area contributed by atoms with E-state index in [9.17, 15) is 9.90 Å². The molecule has 0 aliphatic carbocycles. The van der Waals surface area contributed by atoms with Crippen molar-refractivity contribution in [2.45, 2.75) is 37.1 Å². The highest BCUT2D eigenvalue weighted by atomic mass is 127. The molecule has 2 saturated heterocycles. The van der Waals surface area contributed by atoms with Crippen LogP contribution in [-0.2, 0) is 18.9 Å². The second-order valence-electron chi connectivity index (χ2n) is 6.47. The Morgan fingerprint density at radius 2 is 2.29 bits per heavy atom. The molecule has 2 aliphatic rings. The number of alkyl halides is 1. The number of hydrogen-bond acceptors (Lipinski definition) is 9. The van der Waals surface area contributed by atoms with Crippen LogP contribution in [0.2, 0.25) is 0 Å². The lowest BCUT2D eigenvalue weighted by atomic mass is 10.1. The van der Waals surface area contributed by atoms with Crippen LogP contribution in [-0.4, -0.2) is 70.1 Å². The number of halogens is 2. The number of aliphatic hydroxyl groups is 1. The fourth-order valence-electron chi connectivity index (χ4n) is 3.34. The van der Waals surface area contributed by atoms with Gasteiger partial charge in [0.25, 0.3) is 0 Å². The Balaban J connectivity index is 1.55. The maximum atomic E-state index is 15.2. The monoisotopic (exact) mass is 508 g/mol. The van der Waals surface area contributed by atoms with Crippen molar-refractivity contribution in [3.8, 4) is 0 Å². The first-order valence-corrected chi connectivity index (χ1v) is 9.69. The number of carbonyl (C=O) groups excluding carboxylic acids is 1. The fourth-order valence-corrected chi connectivity index (χ4v) is 4.16. The van der Waals surface area contributed by atoms with Gasteiger partial charge in [0.05, 0.1) is 25.2 Å². The van der Waals surface area contributed by atoms with E-state index in [1.807, 2.05) is 22.6 Å². The zero-order chi connectivity index (χ0) is 19.8. The van der Waals surface area contributed by atoms with Crippen molar-refractivity contribution in [1.29, 1.82) is 0 Å². The van der Waals surface area contributed by atoms with Crippen molar-refractivity contribution in [1.82, 2.24) is 14.5 Å². The molecule has 0 radical (unpaired) electrons. The summed E-state index contributed by atoms with van der Waals surface area (Å²) in [5.41, 5.74) is 6.27.